The normalized spacial score (nSPS) is 10.8. The molecule has 0 bridgehead atoms. The Balaban J connectivity index is 1.91. The van der Waals surface area contributed by atoms with Crippen LogP contribution in [-0.4, -0.2) is 31.2 Å². The number of benzene rings is 2. The van der Waals surface area contributed by atoms with Crippen LogP contribution in [0.25, 0.3) is 10.9 Å². The third kappa shape index (κ3) is 4.83. The lowest BCUT2D eigenvalue weighted by molar-refractivity contribution is 0.0950. The van der Waals surface area contributed by atoms with E-state index in [4.69, 9.17) is 4.74 Å². The van der Waals surface area contributed by atoms with Gasteiger partial charge in [0.25, 0.3) is 5.91 Å². The highest BCUT2D eigenvalue weighted by atomic mass is 16.5. The Morgan fingerprint density at radius 2 is 1.81 bits per heavy atom. The number of pyridine rings is 1. The third-order valence-corrected chi connectivity index (χ3v) is 4.27. The van der Waals surface area contributed by atoms with E-state index < -0.39 is 0 Å². The number of aryl methyl sites for hydroxylation is 2. The Morgan fingerprint density at radius 1 is 1.07 bits per heavy atom. The van der Waals surface area contributed by atoms with Gasteiger partial charge in [0.15, 0.2) is 0 Å². The molecule has 2 aromatic carbocycles. The number of ether oxygens (including phenoxy) is 1. The van der Waals surface area contributed by atoms with Crippen molar-refractivity contribution >= 4 is 28.3 Å². The van der Waals surface area contributed by atoms with E-state index in [1.807, 2.05) is 30.3 Å². The van der Waals surface area contributed by atoms with Gasteiger partial charge in [-0.05, 0) is 55.7 Å². The van der Waals surface area contributed by atoms with E-state index >= 15 is 0 Å². The molecule has 1 heterocycles. The quantitative estimate of drug-likeness (QED) is 0.612. The summed E-state index contributed by atoms with van der Waals surface area (Å²) >= 11 is 0. The van der Waals surface area contributed by atoms with Gasteiger partial charge in [-0.1, -0.05) is 24.3 Å². The molecule has 0 fully saturated rings. The van der Waals surface area contributed by atoms with E-state index in [1.165, 1.54) is 11.1 Å². The summed E-state index contributed by atoms with van der Waals surface area (Å²) in [6, 6.07) is 15.8. The SMILES string of the molecule is COCCCNC(=O)c1cc(Nc2cc(C)cc(C)c2)nc2ccccc12. The molecule has 140 valence electrons. The van der Waals surface area contributed by atoms with Crippen molar-refractivity contribution in [2.24, 2.45) is 0 Å². The molecule has 0 aliphatic carbocycles. The maximum absolute atomic E-state index is 12.7. The molecule has 2 N–H and O–H groups in total. The van der Waals surface area contributed by atoms with Crippen LogP contribution < -0.4 is 10.6 Å². The van der Waals surface area contributed by atoms with E-state index in [9.17, 15) is 4.79 Å². The van der Waals surface area contributed by atoms with Crippen molar-refractivity contribution in [2.45, 2.75) is 20.3 Å². The molecule has 0 saturated carbocycles. The zero-order chi connectivity index (χ0) is 19.2. The van der Waals surface area contributed by atoms with Gasteiger partial charge < -0.3 is 15.4 Å². The molecule has 0 spiro atoms. The van der Waals surface area contributed by atoms with Gasteiger partial charge in [0.1, 0.15) is 5.82 Å². The Morgan fingerprint density at radius 3 is 2.56 bits per heavy atom. The number of hydrogen-bond acceptors (Lipinski definition) is 4. The number of aromatic nitrogens is 1. The first kappa shape index (κ1) is 18.9. The number of methoxy groups -OCH3 is 1. The first-order chi connectivity index (χ1) is 13.1. The van der Waals surface area contributed by atoms with Crippen LogP contribution in [0.5, 0.6) is 0 Å². The van der Waals surface area contributed by atoms with Gasteiger partial charge in [-0.25, -0.2) is 4.98 Å². The number of carbonyl (C=O) groups excluding carboxylic acids is 1. The molecule has 0 radical (unpaired) electrons. The molecule has 0 unspecified atom stereocenters. The molecule has 0 saturated heterocycles. The number of fused-ring (bicyclic) bond motifs is 1. The molecule has 5 nitrogen and oxygen atoms in total. The van der Waals surface area contributed by atoms with Crippen LogP contribution >= 0.6 is 0 Å². The molecule has 1 aromatic heterocycles. The number of hydrogen-bond donors (Lipinski definition) is 2. The van der Waals surface area contributed by atoms with Gasteiger partial charge in [0.2, 0.25) is 0 Å². The van der Waals surface area contributed by atoms with Gasteiger partial charge >= 0.3 is 0 Å². The standard InChI is InChI=1S/C22H25N3O2/c1-15-11-16(2)13-17(12-15)24-21-14-19(22(26)23-9-6-10-27-3)18-7-4-5-8-20(18)25-21/h4-5,7-8,11-14H,6,9-10H2,1-3H3,(H,23,26)(H,24,25). The molecule has 27 heavy (non-hydrogen) atoms. The van der Waals surface area contributed by atoms with Gasteiger partial charge in [0, 0.05) is 31.3 Å². The summed E-state index contributed by atoms with van der Waals surface area (Å²) in [7, 11) is 1.66. The minimum Gasteiger partial charge on any atom is -0.385 e. The Hall–Kier alpha value is -2.92. The molecule has 5 heteroatoms. The summed E-state index contributed by atoms with van der Waals surface area (Å²) in [6.45, 7) is 5.32. The van der Waals surface area contributed by atoms with Gasteiger partial charge in [-0.2, -0.15) is 0 Å². The van der Waals surface area contributed by atoms with Crippen LogP contribution in [0, 0.1) is 13.8 Å². The number of nitrogens with zero attached hydrogens (tertiary/aromatic N) is 1. The van der Waals surface area contributed by atoms with Crippen LogP contribution in [0.3, 0.4) is 0 Å². The number of rotatable bonds is 7. The predicted molar refractivity (Wildman–Crippen MR) is 110 cm³/mol. The molecular weight excluding hydrogens is 338 g/mol. The van der Waals surface area contributed by atoms with Crippen molar-refractivity contribution in [3.8, 4) is 0 Å². The van der Waals surface area contributed by atoms with Crippen molar-refractivity contribution in [3.05, 3.63) is 65.2 Å². The lowest BCUT2D eigenvalue weighted by atomic mass is 10.1. The van der Waals surface area contributed by atoms with Crippen LogP contribution in [0.4, 0.5) is 11.5 Å². The average molecular weight is 363 g/mol. The van der Waals surface area contributed by atoms with E-state index in [0.29, 0.717) is 24.5 Å². The Bertz CT molecular complexity index is 933. The van der Waals surface area contributed by atoms with E-state index in [1.54, 1.807) is 7.11 Å². The van der Waals surface area contributed by atoms with Crippen molar-refractivity contribution in [1.82, 2.24) is 10.3 Å². The predicted octanol–water partition coefficient (Wildman–Crippen LogP) is 4.36. The van der Waals surface area contributed by atoms with Crippen molar-refractivity contribution in [2.75, 3.05) is 25.6 Å². The highest BCUT2D eigenvalue weighted by Crippen LogP contribution is 2.24. The highest BCUT2D eigenvalue weighted by molar-refractivity contribution is 6.07. The van der Waals surface area contributed by atoms with Crippen molar-refractivity contribution in [3.63, 3.8) is 0 Å². The van der Waals surface area contributed by atoms with Crippen LogP contribution in [0.1, 0.15) is 27.9 Å². The highest BCUT2D eigenvalue weighted by Gasteiger charge is 2.13. The molecule has 0 atom stereocenters. The molecule has 3 aromatic rings. The molecule has 0 aliphatic rings. The second-order valence-electron chi connectivity index (χ2n) is 6.68. The largest absolute Gasteiger partial charge is 0.385 e. The Kier molecular flexibility index (Phi) is 6.04. The molecular formula is C22H25N3O2. The van der Waals surface area contributed by atoms with Crippen molar-refractivity contribution in [1.29, 1.82) is 0 Å². The van der Waals surface area contributed by atoms with Crippen molar-refractivity contribution < 1.29 is 9.53 Å². The second kappa shape index (κ2) is 8.64. The van der Waals surface area contributed by atoms with Crippen LogP contribution in [0.2, 0.25) is 0 Å². The van der Waals surface area contributed by atoms with Gasteiger partial charge in [-0.3, -0.25) is 4.79 Å². The molecule has 0 aliphatic heterocycles. The van der Waals surface area contributed by atoms with E-state index in [0.717, 1.165) is 23.0 Å². The average Bonchev–Trinajstić information content (AvgIpc) is 2.63. The summed E-state index contributed by atoms with van der Waals surface area (Å²) in [5.41, 5.74) is 4.71. The van der Waals surface area contributed by atoms with Gasteiger partial charge in [-0.15, -0.1) is 0 Å². The summed E-state index contributed by atoms with van der Waals surface area (Å²) in [5, 5.41) is 7.14. The summed E-state index contributed by atoms with van der Waals surface area (Å²) in [5.74, 6) is 0.550. The topological polar surface area (TPSA) is 63.2 Å². The smallest absolute Gasteiger partial charge is 0.252 e. The fourth-order valence-electron chi connectivity index (χ4n) is 3.14. The van der Waals surface area contributed by atoms with Crippen LogP contribution in [-0.2, 0) is 4.74 Å². The fraction of sp³-hybridized carbons (Fsp3) is 0.273. The van der Waals surface area contributed by atoms with E-state index in [-0.39, 0.29) is 5.91 Å². The number of nitrogens with one attached hydrogen (secondary N) is 2. The second-order valence-corrected chi connectivity index (χ2v) is 6.68. The third-order valence-electron chi connectivity index (χ3n) is 4.27. The number of carbonyl (C=O) groups is 1. The molecule has 1 amide bonds. The number of amides is 1. The minimum absolute atomic E-state index is 0.104. The van der Waals surface area contributed by atoms with Crippen LogP contribution in [0.15, 0.2) is 48.5 Å². The van der Waals surface area contributed by atoms with E-state index in [2.05, 4.69) is 47.7 Å². The first-order valence-electron chi connectivity index (χ1n) is 9.09. The number of para-hydroxylation sites is 1. The number of anilines is 2. The monoisotopic (exact) mass is 363 g/mol. The summed E-state index contributed by atoms with van der Waals surface area (Å²) in [4.78, 5) is 17.4. The first-order valence-corrected chi connectivity index (χ1v) is 9.09. The lowest BCUT2D eigenvalue weighted by Crippen LogP contribution is -2.25. The summed E-state index contributed by atoms with van der Waals surface area (Å²) in [6.07, 6.45) is 0.777. The minimum atomic E-state index is -0.104. The fourth-order valence-corrected chi connectivity index (χ4v) is 3.14. The maximum atomic E-state index is 12.7. The molecule has 3 rings (SSSR count). The summed E-state index contributed by atoms with van der Waals surface area (Å²) < 4.78 is 5.03. The lowest BCUT2D eigenvalue weighted by Gasteiger charge is -2.12. The maximum Gasteiger partial charge on any atom is 0.252 e. The zero-order valence-electron chi connectivity index (χ0n) is 16.0. The van der Waals surface area contributed by atoms with Gasteiger partial charge in [0.05, 0.1) is 11.1 Å². The Labute approximate surface area is 159 Å². The zero-order valence-corrected chi connectivity index (χ0v) is 16.0.